The Hall–Kier alpha value is -3.39. The number of aliphatic carboxylic acids is 1. The van der Waals surface area contributed by atoms with E-state index in [1.54, 1.807) is 0 Å². The lowest BCUT2D eigenvalue weighted by Crippen LogP contribution is -2.55. The Balaban J connectivity index is 1.27. The topological polar surface area (TPSA) is 114 Å². The third-order valence-corrected chi connectivity index (χ3v) is 5.77. The molecule has 0 radical (unpaired) electrons. The van der Waals surface area contributed by atoms with Crippen LogP contribution in [0.25, 0.3) is 11.1 Å². The fourth-order valence-electron chi connectivity index (χ4n) is 4.14. The second kappa shape index (κ2) is 8.77. The van der Waals surface area contributed by atoms with E-state index in [1.807, 2.05) is 36.4 Å². The summed E-state index contributed by atoms with van der Waals surface area (Å²) >= 11 is 0. The summed E-state index contributed by atoms with van der Waals surface area (Å²) in [6, 6.07) is 16.1. The number of carbonyl (C=O) groups is 3. The average molecular weight is 424 g/mol. The highest BCUT2D eigenvalue weighted by Gasteiger charge is 2.43. The van der Waals surface area contributed by atoms with Crippen LogP contribution in [0.15, 0.2) is 48.5 Å². The van der Waals surface area contributed by atoms with E-state index in [-0.39, 0.29) is 45.1 Å². The molecule has 0 bridgehead atoms. The largest absolute Gasteiger partial charge is 0.479 e. The van der Waals surface area contributed by atoms with Gasteiger partial charge in [0.25, 0.3) is 0 Å². The Morgan fingerprint density at radius 1 is 1.06 bits per heavy atom. The number of benzene rings is 2. The Morgan fingerprint density at radius 2 is 1.71 bits per heavy atom. The second-order valence-electron chi connectivity index (χ2n) is 7.74. The van der Waals surface area contributed by atoms with Crippen LogP contribution in [0, 0.1) is 0 Å². The Morgan fingerprint density at radius 3 is 2.29 bits per heavy atom. The normalized spacial score (nSPS) is 19.4. The third kappa shape index (κ3) is 4.25. The van der Waals surface area contributed by atoms with E-state index in [1.165, 1.54) is 0 Å². The molecule has 2 aliphatic rings. The molecule has 0 spiro atoms. The smallest absolute Gasteiger partial charge is 0.407 e. The molecule has 8 heteroatoms. The predicted octanol–water partition coefficient (Wildman–Crippen LogP) is 2.28. The molecule has 0 aromatic heterocycles. The highest BCUT2D eigenvalue weighted by atomic mass is 16.5. The van der Waals surface area contributed by atoms with Gasteiger partial charge in [-0.1, -0.05) is 48.5 Å². The molecule has 162 valence electrons. The van der Waals surface area contributed by atoms with Crippen LogP contribution in [-0.4, -0.2) is 55.0 Å². The Kier molecular flexibility index (Phi) is 5.90. The number of fused-ring (bicyclic) bond motifs is 3. The van der Waals surface area contributed by atoms with E-state index in [0.29, 0.717) is 0 Å². The minimum Gasteiger partial charge on any atom is -0.479 e. The van der Waals surface area contributed by atoms with Crippen molar-refractivity contribution in [2.24, 2.45) is 0 Å². The summed E-state index contributed by atoms with van der Waals surface area (Å²) in [4.78, 5) is 35.7. The summed E-state index contributed by atoms with van der Waals surface area (Å²) in [5.74, 6) is -1.63. The first-order valence-corrected chi connectivity index (χ1v) is 10.2. The van der Waals surface area contributed by atoms with Gasteiger partial charge in [0.1, 0.15) is 6.61 Å². The van der Waals surface area contributed by atoms with Crippen molar-refractivity contribution < 1.29 is 29.0 Å². The van der Waals surface area contributed by atoms with Crippen molar-refractivity contribution in [3.63, 3.8) is 0 Å². The maximum Gasteiger partial charge on any atom is 0.407 e. The highest BCUT2D eigenvalue weighted by molar-refractivity contribution is 5.87. The van der Waals surface area contributed by atoms with Crippen LogP contribution in [0.3, 0.4) is 0 Å². The first-order chi connectivity index (χ1) is 15.0. The molecule has 1 unspecified atom stereocenters. The van der Waals surface area contributed by atoms with Crippen molar-refractivity contribution >= 4 is 18.0 Å². The lowest BCUT2D eigenvalue weighted by Gasteiger charge is -2.23. The first kappa shape index (κ1) is 20.9. The number of hydrogen-bond donors (Lipinski definition) is 3. The molecule has 1 fully saturated rings. The first-order valence-electron chi connectivity index (χ1n) is 10.2. The third-order valence-electron chi connectivity index (χ3n) is 5.77. The van der Waals surface area contributed by atoms with Crippen LogP contribution >= 0.6 is 0 Å². The van der Waals surface area contributed by atoms with Crippen LogP contribution in [0.5, 0.6) is 0 Å². The lowest BCUT2D eigenvalue weighted by atomic mass is 9.98. The number of amides is 2. The molecule has 31 heavy (non-hydrogen) atoms. The fraction of sp³-hybridized carbons (Fsp3) is 0.348. The van der Waals surface area contributed by atoms with Crippen molar-refractivity contribution in [3.05, 3.63) is 59.7 Å². The van der Waals surface area contributed by atoms with Crippen LogP contribution in [-0.2, 0) is 19.1 Å². The summed E-state index contributed by atoms with van der Waals surface area (Å²) in [6.45, 7) is 0.447. The van der Waals surface area contributed by atoms with Gasteiger partial charge < -0.3 is 25.2 Å². The molecule has 1 aliphatic carbocycles. The van der Waals surface area contributed by atoms with Gasteiger partial charge in [-0.05, 0) is 22.3 Å². The van der Waals surface area contributed by atoms with E-state index in [4.69, 9.17) is 9.47 Å². The minimum atomic E-state index is -1.39. The van der Waals surface area contributed by atoms with Gasteiger partial charge in [0.15, 0.2) is 5.54 Å². The number of hydrogen-bond acceptors (Lipinski definition) is 5. The summed E-state index contributed by atoms with van der Waals surface area (Å²) in [5.41, 5.74) is 3.14. The van der Waals surface area contributed by atoms with Gasteiger partial charge >= 0.3 is 12.1 Å². The van der Waals surface area contributed by atoms with Crippen molar-refractivity contribution in [2.75, 3.05) is 26.4 Å². The van der Waals surface area contributed by atoms with Gasteiger partial charge in [0.2, 0.25) is 5.91 Å². The van der Waals surface area contributed by atoms with Gasteiger partial charge in [0.05, 0.1) is 6.61 Å². The maximum atomic E-state index is 12.1. The van der Waals surface area contributed by atoms with Crippen LogP contribution < -0.4 is 10.6 Å². The average Bonchev–Trinajstić information content (AvgIpc) is 3.36. The van der Waals surface area contributed by atoms with Gasteiger partial charge in [0, 0.05) is 31.9 Å². The molecule has 0 saturated carbocycles. The fourth-order valence-corrected chi connectivity index (χ4v) is 4.14. The van der Waals surface area contributed by atoms with Crippen molar-refractivity contribution in [3.8, 4) is 11.1 Å². The van der Waals surface area contributed by atoms with Crippen molar-refractivity contribution in [2.45, 2.75) is 24.3 Å². The second-order valence-corrected chi connectivity index (χ2v) is 7.74. The van der Waals surface area contributed by atoms with Crippen molar-refractivity contribution in [1.29, 1.82) is 0 Å². The molecule has 3 N–H and O–H groups in total. The number of ether oxygens (including phenoxy) is 2. The standard InChI is InChI=1S/C23H24N2O6/c26-20(25-23(21(27)28)10-12-30-14-23)9-11-24-22(29)31-13-19-17-7-3-1-5-15(17)16-6-2-4-8-18(16)19/h1-8,19H,9-14H2,(H,24,29)(H,25,26)(H,27,28). The number of alkyl carbamates (subject to hydrolysis) is 1. The van der Waals surface area contributed by atoms with E-state index in [2.05, 4.69) is 22.8 Å². The summed E-state index contributed by atoms with van der Waals surface area (Å²) < 4.78 is 10.5. The number of carboxylic acids is 1. The number of carboxylic acid groups (broad SMARTS) is 1. The summed E-state index contributed by atoms with van der Waals surface area (Å²) in [5, 5.41) is 14.4. The van der Waals surface area contributed by atoms with E-state index in [9.17, 15) is 19.5 Å². The zero-order valence-electron chi connectivity index (χ0n) is 16.9. The number of nitrogens with one attached hydrogen (secondary N) is 2. The predicted molar refractivity (Wildman–Crippen MR) is 112 cm³/mol. The molecule has 2 amide bonds. The molecular weight excluding hydrogens is 400 g/mol. The van der Waals surface area contributed by atoms with Gasteiger partial charge in [-0.15, -0.1) is 0 Å². The maximum absolute atomic E-state index is 12.1. The molecule has 2 aromatic carbocycles. The van der Waals surface area contributed by atoms with Gasteiger partial charge in [-0.25, -0.2) is 9.59 Å². The summed E-state index contributed by atoms with van der Waals surface area (Å²) in [7, 11) is 0. The van der Waals surface area contributed by atoms with E-state index in [0.717, 1.165) is 22.3 Å². The molecule has 8 nitrogen and oxygen atoms in total. The lowest BCUT2D eigenvalue weighted by molar-refractivity contribution is -0.147. The van der Waals surface area contributed by atoms with Crippen LogP contribution in [0.2, 0.25) is 0 Å². The Labute approximate surface area is 179 Å². The molecular formula is C23H24N2O6. The molecule has 1 saturated heterocycles. The zero-order chi connectivity index (χ0) is 21.8. The molecule has 4 rings (SSSR count). The van der Waals surface area contributed by atoms with Crippen molar-refractivity contribution in [1.82, 2.24) is 10.6 Å². The summed E-state index contributed by atoms with van der Waals surface area (Å²) in [6.07, 6.45) is -0.459. The number of carbonyl (C=O) groups excluding carboxylic acids is 2. The molecule has 1 atom stereocenters. The highest BCUT2D eigenvalue weighted by Crippen LogP contribution is 2.44. The van der Waals surface area contributed by atoms with E-state index >= 15 is 0 Å². The van der Waals surface area contributed by atoms with Gasteiger partial charge in [-0.3, -0.25) is 4.79 Å². The van der Waals surface area contributed by atoms with Crippen LogP contribution in [0.4, 0.5) is 4.79 Å². The molecule has 1 heterocycles. The SMILES string of the molecule is O=C(CCNC(=O)OCC1c2ccccc2-c2ccccc21)NC1(C(=O)O)CCOC1. The van der Waals surface area contributed by atoms with Crippen LogP contribution in [0.1, 0.15) is 29.9 Å². The zero-order valence-corrected chi connectivity index (χ0v) is 16.9. The van der Waals surface area contributed by atoms with Gasteiger partial charge in [-0.2, -0.15) is 0 Å². The Bertz CT molecular complexity index is 954. The quantitative estimate of drug-likeness (QED) is 0.628. The minimum absolute atomic E-state index is 0.0407. The molecule has 2 aromatic rings. The molecule has 1 aliphatic heterocycles. The number of rotatable bonds is 7. The monoisotopic (exact) mass is 424 g/mol. The van der Waals surface area contributed by atoms with E-state index < -0.39 is 23.5 Å².